The molecule has 0 saturated heterocycles. The molecule has 0 aliphatic carbocycles. The molecule has 110 valence electrons. The van der Waals surface area contributed by atoms with Gasteiger partial charge in [-0.15, -0.1) is 0 Å². The lowest BCUT2D eigenvalue weighted by atomic mass is 9.86. The summed E-state index contributed by atoms with van der Waals surface area (Å²) in [6, 6.07) is -0.404. The molecule has 3 N–H and O–H groups in total. The highest BCUT2D eigenvalue weighted by Crippen LogP contribution is 2.25. The highest BCUT2D eigenvalue weighted by molar-refractivity contribution is 7.91. The second-order valence-corrected chi connectivity index (χ2v) is 8.37. The molecule has 6 nitrogen and oxygen atoms in total. The molecule has 0 spiro atoms. The summed E-state index contributed by atoms with van der Waals surface area (Å²) in [4.78, 5) is 13.3. The smallest absolute Gasteiger partial charge is 0.305 e. The summed E-state index contributed by atoms with van der Waals surface area (Å²) >= 11 is 0.668. The van der Waals surface area contributed by atoms with Gasteiger partial charge in [-0.2, -0.15) is 0 Å². The van der Waals surface area contributed by atoms with Crippen LogP contribution in [0.25, 0.3) is 0 Å². The van der Waals surface area contributed by atoms with Crippen LogP contribution in [0, 0.1) is 12.3 Å². The number of hydrogen-bond donors (Lipinski definition) is 3. The first-order valence-corrected chi connectivity index (χ1v) is 8.21. The van der Waals surface area contributed by atoms with Crippen LogP contribution in [-0.2, 0) is 10.0 Å². The maximum Gasteiger partial charge on any atom is 0.305 e. The number of hydrogen-bond acceptors (Lipinski definition) is 5. The van der Waals surface area contributed by atoms with Gasteiger partial charge in [0.2, 0.25) is 0 Å². The largest absolute Gasteiger partial charge is 0.396 e. The quantitative estimate of drug-likeness (QED) is 0.750. The molecule has 19 heavy (non-hydrogen) atoms. The van der Waals surface area contributed by atoms with Crippen molar-refractivity contribution in [3.63, 3.8) is 0 Å². The van der Waals surface area contributed by atoms with Gasteiger partial charge in [-0.05, 0) is 18.8 Å². The fourth-order valence-electron chi connectivity index (χ4n) is 1.69. The topological polar surface area (TPSA) is 99.3 Å². The Balaban J connectivity index is 3.08. The Kier molecular flexibility index (Phi) is 4.94. The summed E-state index contributed by atoms with van der Waals surface area (Å²) in [7, 11) is -3.75. The first kappa shape index (κ1) is 16.4. The van der Waals surface area contributed by atoms with E-state index < -0.39 is 20.9 Å². The van der Waals surface area contributed by atoms with Crippen molar-refractivity contribution >= 4 is 21.4 Å². The summed E-state index contributed by atoms with van der Waals surface area (Å²) in [5, 5.41) is 9.04. The molecule has 1 aromatic heterocycles. The van der Waals surface area contributed by atoms with Crippen LogP contribution in [0.5, 0.6) is 0 Å². The zero-order valence-electron chi connectivity index (χ0n) is 11.5. The Morgan fingerprint density at radius 2 is 2.00 bits per heavy atom. The van der Waals surface area contributed by atoms with E-state index >= 15 is 0 Å². The molecular formula is C11H20N2O4S2. The first-order valence-electron chi connectivity index (χ1n) is 5.91. The zero-order valence-corrected chi connectivity index (χ0v) is 13.1. The molecule has 1 heterocycles. The van der Waals surface area contributed by atoms with Crippen LogP contribution in [0.1, 0.15) is 32.9 Å². The van der Waals surface area contributed by atoms with Gasteiger partial charge in [-0.3, -0.25) is 4.79 Å². The van der Waals surface area contributed by atoms with E-state index in [9.17, 15) is 13.2 Å². The molecule has 0 aromatic carbocycles. The number of thiazole rings is 1. The van der Waals surface area contributed by atoms with Gasteiger partial charge >= 0.3 is 4.87 Å². The lowest BCUT2D eigenvalue weighted by Gasteiger charge is -2.30. The third-order valence-electron chi connectivity index (χ3n) is 2.79. The van der Waals surface area contributed by atoms with Crippen molar-refractivity contribution in [2.24, 2.45) is 5.41 Å². The van der Waals surface area contributed by atoms with Gasteiger partial charge in [0, 0.05) is 18.3 Å². The number of aryl methyl sites for hydroxylation is 1. The van der Waals surface area contributed by atoms with Crippen LogP contribution in [0.15, 0.2) is 9.00 Å². The van der Waals surface area contributed by atoms with E-state index in [1.165, 1.54) is 0 Å². The first-order chi connectivity index (χ1) is 8.58. The van der Waals surface area contributed by atoms with Crippen LogP contribution in [0.4, 0.5) is 0 Å². The van der Waals surface area contributed by atoms with Crippen LogP contribution >= 0.6 is 11.3 Å². The molecule has 0 amide bonds. The lowest BCUT2D eigenvalue weighted by Crippen LogP contribution is -2.44. The summed E-state index contributed by atoms with van der Waals surface area (Å²) in [5.74, 6) is 0. The number of rotatable bonds is 5. The molecule has 0 aliphatic heterocycles. The number of sulfonamides is 1. The third-order valence-corrected chi connectivity index (χ3v) is 5.86. The monoisotopic (exact) mass is 308 g/mol. The minimum Gasteiger partial charge on any atom is -0.396 e. The predicted octanol–water partition coefficient (Wildman–Crippen LogP) is 0.820. The molecule has 8 heteroatoms. The SMILES string of the molecule is Cc1[nH]c(=O)sc1S(=O)(=O)NC(CCO)C(C)(C)C. The minimum atomic E-state index is -3.75. The average Bonchev–Trinajstić information content (AvgIpc) is 2.56. The van der Waals surface area contributed by atoms with Gasteiger partial charge in [0.15, 0.2) is 4.21 Å². The molecule has 0 radical (unpaired) electrons. The van der Waals surface area contributed by atoms with Gasteiger partial charge in [-0.1, -0.05) is 32.1 Å². The van der Waals surface area contributed by atoms with E-state index in [1.807, 2.05) is 20.8 Å². The Hall–Kier alpha value is -0.700. The Morgan fingerprint density at radius 1 is 1.42 bits per heavy atom. The van der Waals surface area contributed by atoms with E-state index in [0.717, 1.165) is 0 Å². The van der Waals surface area contributed by atoms with E-state index in [4.69, 9.17) is 5.11 Å². The lowest BCUT2D eigenvalue weighted by molar-refractivity contribution is 0.214. The second-order valence-electron chi connectivity index (χ2n) is 5.48. The molecule has 1 atom stereocenters. The molecule has 1 aromatic rings. The summed E-state index contributed by atoms with van der Waals surface area (Å²) < 4.78 is 27.1. The standard InChI is InChI=1S/C11H20N2O4S2/c1-7-9(18-10(15)12-7)19(16,17)13-8(5-6-14)11(2,3)4/h8,13-14H,5-6H2,1-4H3,(H,12,15). The van der Waals surface area contributed by atoms with Crippen molar-refractivity contribution in [2.75, 3.05) is 6.61 Å². The van der Waals surface area contributed by atoms with Crippen LogP contribution < -0.4 is 9.60 Å². The number of H-pyrrole nitrogens is 1. The van der Waals surface area contributed by atoms with Crippen LogP contribution in [0.2, 0.25) is 0 Å². The molecular weight excluding hydrogens is 288 g/mol. The molecule has 1 rings (SSSR count). The fraction of sp³-hybridized carbons (Fsp3) is 0.727. The predicted molar refractivity (Wildman–Crippen MR) is 74.9 cm³/mol. The number of nitrogens with one attached hydrogen (secondary N) is 2. The van der Waals surface area contributed by atoms with Crippen molar-refractivity contribution in [3.05, 3.63) is 15.4 Å². The number of aliphatic hydroxyl groups is 1. The number of aromatic nitrogens is 1. The van der Waals surface area contributed by atoms with Gasteiger partial charge < -0.3 is 10.1 Å². The number of aliphatic hydroxyl groups excluding tert-OH is 1. The van der Waals surface area contributed by atoms with Crippen molar-refractivity contribution in [1.82, 2.24) is 9.71 Å². The van der Waals surface area contributed by atoms with E-state index in [0.29, 0.717) is 23.5 Å². The summed E-state index contributed by atoms with van der Waals surface area (Å²) in [6.07, 6.45) is 0.321. The average molecular weight is 308 g/mol. The Morgan fingerprint density at radius 3 is 2.37 bits per heavy atom. The van der Waals surface area contributed by atoms with Crippen LogP contribution in [0.3, 0.4) is 0 Å². The second kappa shape index (κ2) is 5.74. The number of aromatic amines is 1. The maximum absolute atomic E-state index is 12.3. The zero-order chi connectivity index (χ0) is 14.8. The van der Waals surface area contributed by atoms with E-state index in [2.05, 4.69) is 9.71 Å². The highest BCUT2D eigenvalue weighted by atomic mass is 32.2. The summed E-state index contributed by atoms with van der Waals surface area (Å²) in [6.45, 7) is 7.12. The minimum absolute atomic E-state index is 0.00434. The van der Waals surface area contributed by atoms with Gasteiger partial charge in [0.05, 0.1) is 0 Å². The summed E-state index contributed by atoms with van der Waals surface area (Å²) in [5.41, 5.74) is 0.00415. The van der Waals surface area contributed by atoms with Crippen molar-refractivity contribution in [1.29, 1.82) is 0 Å². The van der Waals surface area contributed by atoms with Crippen molar-refractivity contribution < 1.29 is 13.5 Å². The Bertz CT molecular complexity index is 581. The third kappa shape index (κ3) is 4.13. The van der Waals surface area contributed by atoms with Gasteiger partial charge in [0.25, 0.3) is 10.0 Å². The molecule has 0 bridgehead atoms. The fourth-order valence-corrected chi connectivity index (χ4v) is 4.48. The highest BCUT2D eigenvalue weighted by Gasteiger charge is 2.31. The molecule has 1 unspecified atom stereocenters. The molecule has 0 aliphatic rings. The van der Waals surface area contributed by atoms with E-state index in [-0.39, 0.29) is 16.2 Å². The van der Waals surface area contributed by atoms with Gasteiger partial charge in [-0.25, -0.2) is 13.1 Å². The van der Waals surface area contributed by atoms with E-state index in [1.54, 1.807) is 6.92 Å². The molecule has 0 fully saturated rings. The molecule has 0 saturated carbocycles. The Labute approximate surface area is 116 Å². The van der Waals surface area contributed by atoms with Crippen molar-refractivity contribution in [2.45, 2.75) is 44.4 Å². The van der Waals surface area contributed by atoms with Crippen LogP contribution in [-0.4, -0.2) is 31.2 Å². The van der Waals surface area contributed by atoms with Gasteiger partial charge in [0.1, 0.15) is 0 Å². The normalized spacial score (nSPS) is 14.6. The van der Waals surface area contributed by atoms with Crippen molar-refractivity contribution in [3.8, 4) is 0 Å². The maximum atomic E-state index is 12.3.